The average Bonchev–Trinajstić information content (AvgIpc) is 0.962. The van der Waals surface area contributed by atoms with E-state index in [0.29, 0.717) is 84.7 Å². The zero-order valence-corrected chi connectivity index (χ0v) is 50.9. The van der Waals surface area contributed by atoms with Crippen LogP contribution in [0.25, 0.3) is 11.4 Å². The first kappa shape index (κ1) is 62.1. The lowest BCUT2D eigenvalue weighted by atomic mass is 9.89. The third-order valence-corrected chi connectivity index (χ3v) is 18.6. The van der Waals surface area contributed by atoms with Gasteiger partial charge in [-0.15, -0.1) is 0 Å². The first-order valence-corrected chi connectivity index (χ1v) is 32.1. The molecule has 4 heterocycles. The Morgan fingerprint density at radius 3 is 0.793 bits per heavy atom. The summed E-state index contributed by atoms with van der Waals surface area (Å²) in [4.78, 5) is 149. The number of rotatable bonds is 7. The van der Waals surface area contributed by atoms with E-state index in [-0.39, 0.29) is 81.5 Å². The maximum atomic E-state index is 14.3. The molecule has 4 aromatic carbocycles. The molecule has 2 aromatic heterocycles. The minimum Gasteiger partial charge on any atom is -0.348 e. The fourth-order valence-corrected chi connectivity index (χ4v) is 13.6. The molecule has 8 atom stereocenters. The van der Waals surface area contributed by atoms with Crippen LogP contribution in [0.3, 0.4) is 0 Å². The van der Waals surface area contributed by atoms with Crippen LogP contribution >= 0.6 is 0 Å². The highest BCUT2D eigenvalue weighted by Gasteiger charge is 2.35. The molecular formula is C70H74N12O10. The summed E-state index contributed by atoms with van der Waals surface area (Å²) in [6.07, 6.45) is 14.4. The van der Waals surface area contributed by atoms with Crippen molar-refractivity contribution in [3.05, 3.63) is 188 Å². The maximum absolute atomic E-state index is 14.3. The number of nitrogens with one attached hydrogen (secondary N) is 10. The van der Waals surface area contributed by atoms with Crippen LogP contribution in [0.2, 0.25) is 0 Å². The highest BCUT2D eigenvalue weighted by Crippen LogP contribution is 2.27. The second kappa shape index (κ2) is 28.0. The first-order valence-electron chi connectivity index (χ1n) is 32.1. The molecule has 2 aliphatic heterocycles. The van der Waals surface area contributed by atoms with Crippen molar-refractivity contribution < 1.29 is 47.9 Å². The van der Waals surface area contributed by atoms with Gasteiger partial charge in [-0.25, -0.2) is 0 Å². The van der Waals surface area contributed by atoms with Gasteiger partial charge in [0, 0.05) is 129 Å². The fourth-order valence-electron chi connectivity index (χ4n) is 13.6. The molecule has 92 heavy (non-hydrogen) atoms. The van der Waals surface area contributed by atoms with Crippen LogP contribution in [0.1, 0.15) is 217 Å². The van der Waals surface area contributed by atoms with Crippen LogP contribution in [0.5, 0.6) is 0 Å². The smallest absolute Gasteiger partial charge is 0.251 e. The lowest BCUT2D eigenvalue weighted by Gasteiger charge is -2.33. The van der Waals surface area contributed by atoms with E-state index in [4.69, 9.17) is 0 Å². The average molecular weight is 1240 g/mol. The van der Waals surface area contributed by atoms with Crippen molar-refractivity contribution >= 4 is 59.1 Å². The summed E-state index contributed by atoms with van der Waals surface area (Å²) in [5.41, 5.74) is 3.86. The molecule has 8 bridgehead atoms. The molecule has 0 unspecified atom stereocenters. The number of pyridine rings is 2. The third-order valence-electron chi connectivity index (χ3n) is 18.6. The predicted molar refractivity (Wildman–Crippen MR) is 339 cm³/mol. The Morgan fingerprint density at radius 2 is 0.543 bits per heavy atom. The van der Waals surface area contributed by atoms with Crippen LogP contribution in [0, 0.1) is 0 Å². The predicted octanol–water partition coefficient (Wildman–Crippen LogP) is 6.51. The summed E-state index contributed by atoms with van der Waals surface area (Å²) in [6.45, 7) is -0.186. The van der Waals surface area contributed by atoms with Crippen molar-refractivity contribution in [2.24, 2.45) is 0 Å². The van der Waals surface area contributed by atoms with Crippen LogP contribution in [-0.4, -0.2) is 117 Å². The van der Waals surface area contributed by atoms with Crippen molar-refractivity contribution in [2.75, 3.05) is 0 Å². The molecular weight excluding hydrogens is 1170 g/mol. The van der Waals surface area contributed by atoms with Gasteiger partial charge in [0.1, 0.15) is 0 Å². The number of hydrogen-bond acceptors (Lipinski definition) is 12. The number of carbonyl (C=O) groups excluding carboxylic acids is 10. The minimum atomic E-state index is -0.508. The SMILES string of the molecule is O=C(NCc1cc2cc(c1)C(=O)N[C@@H]1CCCC[C@H]1NC(=O)c1cccc(c1)C(=O)N[C@@H]1CCCC[C@H]1NC2=O)c1ccnc(-c2cc(C(=O)NCc3cc4cc(c3)C(=O)N[C@@H]3CCCC[C@H]3NC(=O)c3cccc(c3)C(=O)N[C@@H]3CCCC[C@H]3NC4=O)ccn2)c1. The molecule has 12 rings (SSSR count). The van der Waals surface area contributed by atoms with Gasteiger partial charge in [-0.05, 0) is 160 Å². The van der Waals surface area contributed by atoms with Crippen LogP contribution in [-0.2, 0) is 13.1 Å². The maximum Gasteiger partial charge on any atom is 0.251 e. The lowest BCUT2D eigenvalue weighted by molar-refractivity contribution is 0.0854. The summed E-state index contributed by atoms with van der Waals surface area (Å²) in [7, 11) is 0. The molecule has 22 nitrogen and oxygen atoms in total. The van der Waals surface area contributed by atoms with Crippen molar-refractivity contribution in [3.8, 4) is 11.4 Å². The molecule has 6 aliphatic rings. The molecule has 4 aliphatic carbocycles. The van der Waals surface area contributed by atoms with E-state index in [9.17, 15) is 47.9 Å². The quantitative estimate of drug-likeness (QED) is 0.0818. The first-order chi connectivity index (χ1) is 44.6. The molecule has 10 amide bonds. The number of carbonyl (C=O) groups is 10. The zero-order chi connectivity index (χ0) is 63.8. The van der Waals surface area contributed by atoms with Gasteiger partial charge in [0.05, 0.1) is 11.4 Å². The van der Waals surface area contributed by atoms with E-state index in [1.807, 2.05) is 0 Å². The monoisotopic (exact) mass is 1240 g/mol. The molecule has 474 valence electrons. The van der Waals surface area contributed by atoms with Gasteiger partial charge >= 0.3 is 0 Å². The van der Waals surface area contributed by atoms with Gasteiger partial charge in [0.2, 0.25) is 0 Å². The zero-order valence-electron chi connectivity index (χ0n) is 50.9. The Balaban J connectivity index is 0.744. The number of hydrogen-bond donors (Lipinski definition) is 10. The van der Waals surface area contributed by atoms with Crippen LogP contribution in [0.15, 0.2) is 122 Å². The van der Waals surface area contributed by atoms with Gasteiger partial charge in [0.25, 0.3) is 59.1 Å². The van der Waals surface area contributed by atoms with Crippen molar-refractivity contribution in [2.45, 2.75) is 164 Å². The number of aromatic nitrogens is 2. The normalized spacial score (nSPS) is 23.8. The number of benzene rings is 4. The topological polar surface area (TPSA) is 317 Å². The lowest BCUT2D eigenvalue weighted by Crippen LogP contribution is -2.54. The van der Waals surface area contributed by atoms with E-state index in [0.717, 1.165) is 51.4 Å². The van der Waals surface area contributed by atoms with Crippen molar-refractivity contribution in [3.63, 3.8) is 0 Å². The van der Waals surface area contributed by atoms with E-state index in [1.54, 1.807) is 72.8 Å². The van der Waals surface area contributed by atoms with Crippen molar-refractivity contribution in [1.82, 2.24) is 63.1 Å². The van der Waals surface area contributed by atoms with Crippen LogP contribution < -0.4 is 53.2 Å². The Kier molecular flexibility index (Phi) is 18.9. The van der Waals surface area contributed by atoms with E-state index < -0.39 is 83.8 Å². The molecule has 6 aromatic rings. The molecule has 0 radical (unpaired) electrons. The van der Waals surface area contributed by atoms with E-state index >= 15 is 0 Å². The molecule has 4 fully saturated rings. The largest absolute Gasteiger partial charge is 0.348 e. The van der Waals surface area contributed by atoms with Gasteiger partial charge in [-0.2, -0.15) is 0 Å². The number of amides is 10. The van der Waals surface area contributed by atoms with Gasteiger partial charge in [0.15, 0.2) is 0 Å². The Bertz CT molecular complexity index is 3490. The molecule has 0 saturated heterocycles. The second-order valence-corrected chi connectivity index (χ2v) is 25.0. The van der Waals surface area contributed by atoms with Gasteiger partial charge < -0.3 is 53.2 Å². The van der Waals surface area contributed by atoms with Gasteiger partial charge in [-0.1, -0.05) is 63.5 Å². The summed E-state index contributed by atoms with van der Waals surface area (Å²) >= 11 is 0. The number of fused-ring (bicyclic) bond motifs is 12. The molecule has 10 N–H and O–H groups in total. The number of nitrogens with zero attached hydrogens (tertiary/aromatic N) is 2. The fraction of sp³-hybridized carbons (Fsp3) is 0.371. The van der Waals surface area contributed by atoms with Gasteiger partial charge in [-0.3, -0.25) is 57.9 Å². The Morgan fingerprint density at radius 1 is 0.315 bits per heavy atom. The van der Waals surface area contributed by atoms with E-state index in [1.165, 1.54) is 48.8 Å². The Hall–Kier alpha value is -10.1. The third kappa shape index (κ3) is 14.7. The summed E-state index contributed by atoms with van der Waals surface area (Å²) in [6, 6.07) is 25.3. The molecule has 0 spiro atoms. The summed E-state index contributed by atoms with van der Waals surface area (Å²) in [5.74, 6) is -4.26. The molecule has 22 heteroatoms. The highest BCUT2D eigenvalue weighted by molar-refractivity contribution is 6.04. The molecule has 4 saturated carbocycles. The Labute approximate surface area is 531 Å². The minimum absolute atomic E-state index is 0.0929. The second-order valence-electron chi connectivity index (χ2n) is 25.0. The standard InChI is InChI=1S/C70H74N12O10/c83-61(73-37-39-27-47-33-48(28-39)68(90)80-56-20-6-2-16-52(56)76-64(86)42-12-9-11-41(31-42)63(85)75-51-15-1-5-19-55(51)79-67(47)89)45-23-25-71-59(35-45)60-36-46(24-26-72-60)62(84)74-38-40-29-49-34-50(30-40)70(92)82-58-22-8-4-18-54(58)78-66(88)44-14-10-13-43(32-44)65(87)77-53-17-3-7-21-57(53)81-69(49)91/h9-14,23-36,51-58H,1-8,15-22,37-38H2,(H,73,83)(H,74,84)(H,75,85)(H,76,86)(H,77,87)(H,78,88)(H,79,89)(H,80,90)(H,81,91)(H,82,92)/t51-,52-,53-,54-,55-,56-,57-,58-/m1/s1. The van der Waals surface area contributed by atoms with Crippen molar-refractivity contribution in [1.29, 1.82) is 0 Å². The van der Waals surface area contributed by atoms with E-state index in [2.05, 4.69) is 63.1 Å². The van der Waals surface area contributed by atoms with Crippen LogP contribution in [0.4, 0.5) is 0 Å². The summed E-state index contributed by atoms with van der Waals surface area (Å²) < 4.78 is 0. The summed E-state index contributed by atoms with van der Waals surface area (Å²) in [5, 5.41) is 30.7. The highest BCUT2D eigenvalue weighted by atomic mass is 16.2.